The zero-order chi connectivity index (χ0) is 22.6. The first-order valence-electron chi connectivity index (χ1n) is 10.3. The van der Waals surface area contributed by atoms with Gasteiger partial charge in [0.2, 0.25) is 0 Å². The van der Waals surface area contributed by atoms with Crippen LogP contribution < -0.4 is 10.0 Å². The fourth-order valence-electron chi connectivity index (χ4n) is 3.26. The van der Waals surface area contributed by atoms with Gasteiger partial charge in [0.05, 0.1) is 16.6 Å². The molecule has 3 rings (SSSR count). The minimum Gasteiger partial charge on any atom is -0.345 e. The Morgan fingerprint density at radius 3 is 2.03 bits per heavy atom. The van der Waals surface area contributed by atoms with Crippen molar-refractivity contribution in [2.45, 2.75) is 45.1 Å². The second-order valence-corrected chi connectivity index (χ2v) is 9.48. The number of carbonyl (C=O) groups is 1. The zero-order valence-electron chi connectivity index (χ0n) is 18.3. The van der Waals surface area contributed by atoms with Gasteiger partial charge in [0.25, 0.3) is 15.9 Å². The molecule has 5 nitrogen and oxygen atoms in total. The van der Waals surface area contributed by atoms with Crippen molar-refractivity contribution < 1.29 is 13.2 Å². The van der Waals surface area contributed by atoms with Crippen molar-refractivity contribution in [3.8, 4) is 0 Å². The molecular weight excluding hydrogens is 408 g/mol. The number of carbonyl (C=O) groups excluding carboxylic acids is 1. The highest BCUT2D eigenvalue weighted by atomic mass is 32.2. The first-order chi connectivity index (χ1) is 14.7. The van der Waals surface area contributed by atoms with Gasteiger partial charge in [0, 0.05) is 5.56 Å². The number of amides is 1. The van der Waals surface area contributed by atoms with E-state index in [2.05, 4.69) is 10.0 Å². The molecule has 0 fully saturated rings. The van der Waals surface area contributed by atoms with Gasteiger partial charge in [-0.15, -0.1) is 0 Å². The molecule has 0 aromatic heterocycles. The number of aryl methyl sites for hydroxylation is 3. The normalized spacial score (nSPS) is 12.3. The number of anilines is 1. The number of hydrogen-bond acceptors (Lipinski definition) is 3. The predicted molar refractivity (Wildman–Crippen MR) is 125 cm³/mol. The van der Waals surface area contributed by atoms with Crippen molar-refractivity contribution in [1.29, 1.82) is 0 Å². The third kappa shape index (κ3) is 5.52. The standard InChI is InChI=1S/C25H28N2O3S/c1-5-23(20-11-6-17(2)7-12-20)26-25(28)21-13-10-19(4)24(16-21)27-31(29,30)22-14-8-18(3)9-15-22/h6-16,23,27H,5H2,1-4H3,(H,26,28)/t23-/m0/s1. The largest absolute Gasteiger partial charge is 0.345 e. The molecule has 3 aromatic rings. The third-order valence-electron chi connectivity index (χ3n) is 5.27. The van der Waals surface area contributed by atoms with Gasteiger partial charge < -0.3 is 5.32 Å². The molecule has 0 unspecified atom stereocenters. The summed E-state index contributed by atoms with van der Waals surface area (Å²) in [7, 11) is -3.75. The second kappa shape index (κ2) is 9.35. The Morgan fingerprint density at radius 2 is 1.45 bits per heavy atom. The molecule has 0 bridgehead atoms. The molecule has 0 saturated carbocycles. The molecule has 0 aliphatic rings. The molecule has 0 aliphatic carbocycles. The average Bonchev–Trinajstić information content (AvgIpc) is 2.74. The highest BCUT2D eigenvalue weighted by Gasteiger charge is 2.18. The van der Waals surface area contributed by atoms with Crippen LogP contribution >= 0.6 is 0 Å². The molecule has 162 valence electrons. The van der Waals surface area contributed by atoms with Crippen LogP contribution in [0, 0.1) is 20.8 Å². The summed E-state index contributed by atoms with van der Waals surface area (Å²) >= 11 is 0. The van der Waals surface area contributed by atoms with Gasteiger partial charge >= 0.3 is 0 Å². The highest BCUT2D eigenvalue weighted by Crippen LogP contribution is 2.23. The lowest BCUT2D eigenvalue weighted by atomic mass is 10.0. The molecular formula is C25H28N2O3S. The smallest absolute Gasteiger partial charge is 0.261 e. The van der Waals surface area contributed by atoms with Gasteiger partial charge in [-0.05, 0) is 62.6 Å². The fraction of sp³-hybridized carbons (Fsp3) is 0.240. The molecule has 31 heavy (non-hydrogen) atoms. The van der Waals surface area contributed by atoms with Gasteiger partial charge in [-0.25, -0.2) is 8.42 Å². The molecule has 0 aliphatic heterocycles. The quantitative estimate of drug-likeness (QED) is 0.528. The molecule has 6 heteroatoms. The SMILES string of the molecule is CC[C@H](NC(=O)c1ccc(C)c(NS(=O)(=O)c2ccc(C)cc2)c1)c1ccc(C)cc1. The maximum absolute atomic E-state index is 12.9. The first-order valence-corrected chi connectivity index (χ1v) is 11.8. The third-order valence-corrected chi connectivity index (χ3v) is 6.65. The minimum absolute atomic E-state index is 0.123. The summed E-state index contributed by atoms with van der Waals surface area (Å²) in [5.74, 6) is -0.247. The Hall–Kier alpha value is -3.12. The summed E-state index contributed by atoms with van der Waals surface area (Å²) in [6.45, 7) is 7.74. The maximum atomic E-state index is 12.9. The average molecular weight is 437 g/mol. The number of sulfonamides is 1. The van der Waals surface area contributed by atoms with E-state index in [0.717, 1.165) is 28.7 Å². The minimum atomic E-state index is -3.75. The molecule has 3 aromatic carbocycles. The lowest BCUT2D eigenvalue weighted by Crippen LogP contribution is -2.28. The van der Waals surface area contributed by atoms with E-state index in [9.17, 15) is 13.2 Å². The number of benzene rings is 3. The van der Waals surface area contributed by atoms with E-state index in [4.69, 9.17) is 0 Å². The number of rotatable bonds is 7. The van der Waals surface area contributed by atoms with E-state index in [1.807, 2.05) is 45.0 Å². The molecule has 0 spiro atoms. The van der Waals surface area contributed by atoms with Crippen molar-refractivity contribution in [2.75, 3.05) is 4.72 Å². The van der Waals surface area contributed by atoms with Crippen LogP contribution in [-0.4, -0.2) is 14.3 Å². The van der Waals surface area contributed by atoms with Crippen molar-refractivity contribution in [3.63, 3.8) is 0 Å². The van der Waals surface area contributed by atoms with Crippen LogP contribution in [-0.2, 0) is 10.0 Å². The monoisotopic (exact) mass is 436 g/mol. The van der Waals surface area contributed by atoms with E-state index < -0.39 is 10.0 Å². The lowest BCUT2D eigenvalue weighted by molar-refractivity contribution is 0.0935. The Bertz CT molecular complexity index is 1170. The van der Waals surface area contributed by atoms with E-state index in [1.165, 1.54) is 0 Å². The van der Waals surface area contributed by atoms with Gasteiger partial charge in [-0.3, -0.25) is 9.52 Å². The van der Waals surface area contributed by atoms with Crippen LogP contribution in [0.25, 0.3) is 0 Å². The van der Waals surface area contributed by atoms with Crippen LogP contribution in [0.5, 0.6) is 0 Å². The summed E-state index contributed by atoms with van der Waals surface area (Å²) in [6.07, 6.45) is 0.744. The van der Waals surface area contributed by atoms with Crippen LogP contribution in [0.2, 0.25) is 0 Å². The van der Waals surface area contributed by atoms with Crippen LogP contribution in [0.4, 0.5) is 5.69 Å². The lowest BCUT2D eigenvalue weighted by Gasteiger charge is -2.18. The summed E-state index contributed by atoms with van der Waals surface area (Å²) < 4.78 is 28.2. The van der Waals surface area contributed by atoms with Crippen LogP contribution in [0.1, 0.15) is 52.0 Å². The zero-order valence-corrected chi connectivity index (χ0v) is 19.1. The van der Waals surface area contributed by atoms with Gasteiger partial charge in [0.1, 0.15) is 0 Å². The Morgan fingerprint density at radius 1 is 0.871 bits per heavy atom. The summed E-state index contributed by atoms with van der Waals surface area (Å²) in [6, 6.07) is 19.6. The van der Waals surface area contributed by atoms with Crippen molar-refractivity contribution in [3.05, 3.63) is 94.5 Å². The molecule has 0 radical (unpaired) electrons. The predicted octanol–water partition coefficient (Wildman–Crippen LogP) is 5.29. The Labute approximate surface area is 184 Å². The fourth-order valence-corrected chi connectivity index (χ4v) is 4.38. The van der Waals surface area contributed by atoms with Crippen LogP contribution in [0.3, 0.4) is 0 Å². The van der Waals surface area contributed by atoms with E-state index in [-0.39, 0.29) is 16.8 Å². The van der Waals surface area contributed by atoms with Crippen molar-refractivity contribution in [2.24, 2.45) is 0 Å². The highest BCUT2D eigenvalue weighted by molar-refractivity contribution is 7.92. The summed E-state index contributed by atoms with van der Waals surface area (Å²) in [5.41, 5.74) is 4.70. The van der Waals surface area contributed by atoms with Gasteiger partial charge in [-0.1, -0.05) is 60.5 Å². The summed E-state index contributed by atoms with van der Waals surface area (Å²) in [4.78, 5) is 13.1. The van der Waals surface area contributed by atoms with Crippen molar-refractivity contribution >= 4 is 21.6 Å². The van der Waals surface area contributed by atoms with Gasteiger partial charge in [-0.2, -0.15) is 0 Å². The topological polar surface area (TPSA) is 75.3 Å². The molecule has 0 heterocycles. The maximum Gasteiger partial charge on any atom is 0.261 e. The summed E-state index contributed by atoms with van der Waals surface area (Å²) in [5, 5.41) is 3.05. The first kappa shape index (κ1) is 22.6. The van der Waals surface area contributed by atoms with Crippen molar-refractivity contribution in [1.82, 2.24) is 5.32 Å². The molecule has 1 atom stereocenters. The second-order valence-electron chi connectivity index (χ2n) is 7.79. The molecule has 0 saturated heterocycles. The van der Waals surface area contributed by atoms with Gasteiger partial charge in [0.15, 0.2) is 0 Å². The van der Waals surface area contributed by atoms with Crippen LogP contribution in [0.15, 0.2) is 71.6 Å². The Balaban J connectivity index is 1.81. The number of hydrogen-bond donors (Lipinski definition) is 2. The van der Waals surface area contributed by atoms with E-state index >= 15 is 0 Å². The van der Waals surface area contributed by atoms with E-state index in [1.54, 1.807) is 49.4 Å². The van der Waals surface area contributed by atoms with E-state index in [0.29, 0.717) is 11.3 Å². The number of nitrogens with one attached hydrogen (secondary N) is 2. The molecule has 2 N–H and O–H groups in total. The molecule has 1 amide bonds. The Kier molecular flexibility index (Phi) is 6.81.